The number of amides is 1. The molecule has 1 fully saturated rings. The normalized spacial score (nSPS) is 19.4. The zero-order chi connectivity index (χ0) is 18.1. The Kier molecular flexibility index (Phi) is 4.97. The lowest BCUT2D eigenvalue weighted by Crippen LogP contribution is -2.41. The van der Waals surface area contributed by atoms with Crippen LogP contribution in [-0.4, -0.2) is 34.0 Å². The maximum atomic E-state index is 13.0. The van der Waals surface area contributed by atoms with E-state index >= 15 is 0 Å². The van der Waals surface area contributed by atoms with Gasteiger partial charge in [0, 0.05) is 30.5 Å². The number of piperidine rings is 1. The number of aromatic nitrogens is 2. The highest BCUT2D eigenvalue weighted by atomic mass is 16.5. The zero-order valence-corrected chi connectivity index (χ0v) is 15.7. The predicted molar refractivity (Wildman–Crippen MR) is 93.5 cm³/mol. The molecule has 25 heavy (non-hydrogen) atoms. The number of hydrogen-bond donors (Lipinski definition) is 0. The van der Waals surface area contributed by atoms with Crippen LogP contribution in [0.3, 0.4) is 0 Å². The Labute approximate surface area is 148 Å². The molecular formula is C19H27N3O3. The number of furan rings is 1. The van der Waals surface area contributed by atoms with Crippen molar-refractivity contribution in [2.24, 2.45) is 0 Å². The second-order valence-corrected chi connectivity index (χ2v) is 7.36. The molecule has 3 heterocycles. The van der Waals surface area contributed by atoms with Gasteiger partial charge in [0.2, 0.25) is 11.8 Å². The van der Waals surface area contributed by atoms with Crippen LogP contribution >= 0.6 is 0 Å². The van der Waals surface area contributed by atoms with Crippen molar-refractivity contribution in [3.8, 4) is 0 Å². The van der Waals surface area contributed by atoms with Gasteiger partial charge in [0.15, 0.2) is 5.82 Å². The van der Waals surface area contributed by atoms with Crippen molar-refractivity contribution in [3.63, 3.8) is 0 Å². The molecule has 2 aromatic rings. The largest absolute Gasteiger partial charge is 0.466 e. The summed E-state index contributed by atoms with van der Waals surface area (Å²) in [5.41, 5.74) is 0.978. The lowest BCUT2D eigenvalue weighted by molar-refractivity contribution is -0.133. The first kappa shape index (κ1) is 17.7. The van der Waals surface area contributed by atoms with Crippen LogP contribution in [0.5, 0.6) is 0 Å². The summed E-state index contributed by atoms with van der Waals surface area (Å²) in [5.74, 6) is 3.36. The summed E-state index contributed by atoms with van der Waals surface area (Å²) in [6.45, 7) is 11.3. The van der Waals surface area contributed by atoms with Crippen LogP contribution in [-0.2, 0) is 4.79 Å². The van der Waals surface area contributed by atoms with Gasteiger partial charge in [0.25, 0.3) is 0 Å². The van der Waals surface area contributed by atoms with Crippen molar-refractivity contribution in [2.75, 3.05) is 13.1 Å². The Bertz CT molecular complexity index is 747. The molecule has 0 bridgehead atoms. The highest BCUT2D eigenvalue weighted by Crippen LogP contribution is 2.30. The van der Waals surface area contributed by atoms with Crippen molar-refractivity contribution >= 4 is 5.91 Å². The molecule has 2 atom stereocenters. The zero-order valence-electron chi connectivity index (χ0n) is 15.7. The Morgan fingerprint density at radius 2 is 2.08 bits per heavy atom. The fraction of sp³-hybridized carbons (Fsp3) is 0.632. The summed E-state index contributed by atoms with van der Waals surface area (Å²) in [5, 5.41) is 4.14. The van der Waals surface area contributed by atoms with Crippen LogP contribution in [0, 0.1) is 13.8 Å². The van der Waals surface area contributed by atoms with Gasteiger partial charge >= 0.3 is 0 Å². The number of rotatable bonds is 4. The second kappa shape index (κ2) is 7.02. The molecule has 0 aliphatic carbocycles. The van der Waals surface area contributed by atoms with Crippen molar-refractivity contribution in [2.45, 2.75) is 65.2 Å². The topological polar surface area (TPSA) is 72.4 Å². The molecule has 0 aromatic carbocycles. The van der Waals surface area contributed by atoms with Gasteiger partial charge in [-0.1, -0.05) is 19.0 Å². The average molecular weight is 345 g/mol. The minimum Gasteiger partial charge on any atom is -0.466 e. The third-order valence-electron chi connectivity index (χ3n) is 4.97. The molecule has 1 aliphatic heterocycles. The van der Waals surface area contributed by atoms with E-state index in [1.807, 2.05) is 45.6 Å². The van der Waals surface area contributed by atoms with E-state index < -0.39 is 0 Å². The van der Waals surface area contributed by atoms with Gasteiger partial charge in [0.05, 0.1) is 5.92 Å². The van der Waals surface area contributed by atoms with Crippen LogP contribution in [0.15, 0.2) is 15.0 Å². The molecule has 1 aliphatic rings. The van der Waals surface area contributed by atoms with Crippen molar-refractivity contribution < 1.29 is 13.7 Å². The number of carbonyl (C=O) groups is 1. The number of nitrogens with zero attached hydrogens (tertiary/aromatic N) is 3. The molecule has 1 amide bonds. The summed E-state index contributed by atoms with van der Waals surface area (Å²) >= 11 is 0. The number of carbonyl (C=O) groups excluding carboxylic acids is 1. The van der Waals surface area contributed by atoms with Gasteiger partial charge in [-0.25, -0.2) is 0 Å². The van der Waals surface area contributed by atoms with Gasteiger partial charge in [-0.3, -0.25) is 4.79 Å². The van der Waals surface area contributed by atoms with Gasteiger partial charge < -0.3 is 13.8 Å². The first-order valence-corrected chi connectivity index (χ1v) is 9.06. The Hall–Kier alpha value is -2.11. The molecule has 6 nitrogen and oxygen atoms in total. The standard InChI is InChI=1S/C19H27N3O3/c1-11(2)18-20-17(21-25-18)15-7-6-8-22(10-15)19(23)13(4)16-9-12(3)24-14(16)5/h9,11,13,15H,6-8,10H2,1-5H3/t13-,15+/m0/s1. The average Bonchev–Trinajstić information content (AvgIpc) is 3.20. The molecule has 0 unspecified atom stereocenters. The van der Waals surface area contributed by atoms with Crippen molar-refractivity contribution in [1.82, 2.24) is 15.0 Å². The third kappa shape index (κ3) is 3.62. The molecule has 3 rings (SSSR count). The quantitative estimate of drug-likeness (QED) is 0.840. The van der Waals surface area contributed by atoms with Gasteiger partial charge in [-0.2, -0.15) is 4.98 Å². The first-order chi connectivity index (χ1) is 11.9. The van der Waals surface area contributed by atoms with Gasteiger partial charge in [0.1, 0.15) is 11.5 Å². The van der Waals surface area contributed by atoms with E-state index in [1.165, 1.54) is 0 Å². The van der Waals surface area contributed by atoms with E-state index in [0.717, 1.165) is 42.3 Å². The Balaban J connectivity index is 1.71. The molecule has 0 saturated carbocycles. The number of likely N-dealkylation sites (tertiary alicyclic amines) is 1. The van der Waals surface area contributed by atoms with E-state index in [1.54, 1.807) is 0 Å². The second-order valence-electron chi connectivity index (χ2n) is 7.36. The minimum absolute atomic E-state index is 0.140. The summed E-state index contributed by atoms with van der Waals surface area (Å²) in [6, 6.07) is 1.97. The minimum atomic E-state index is -0.201. The summed E-state index contributed by atoms with van der Waals surface area (Å²) in [7, 11) is 0. The SMILES string of the molecule is Cc1cc([C@H](C)C(=O)N2CCC[C@@H](c3noc(C(C)C)n3)C2)c(C)o1. The van der Waals surface area contributed by atoms with E-state index in [2.05, 4.69) is 10.1 Å². The summed E-state index contributed by atoms with van der Waals surface area (Å²) in [6.07, 6.45) is 1.94. The van der Waals surface area contributed by atoms with Crippen LogP contribution in [0.1, 0.15) is 80.2 Å². The molecule has 1 saturated heterocycles. The number of hydrogen-bond acceptors (Lipinski definition) is 5. The van der Waals surface area contributed by atoms with Crippen molar-refractivity contribution in [3.05, 3.63) is 34.9 Å². The monoisotopic (exact) mass is 345 g/mol. The van der Waals surface area contributed by atoms with Crippen molar-refractivity contribution in [1.29, 1.82) is 0 Å². The van der Waals surface area contributed by atoms with E-state index in [9.17, 15) is 4.79 Å². The van der Waals surface area contributed by atoms with E-state index in [0.29, 0.717) is 12.4 Å². The molecule has 0 N–H and O–H groups in total. The highest BCUT2D eigenvalue weighted by molar-refractivity contribution is 5.83. The van der Waals surface area contributed by atoms with Crippen LogP contribution < -0.4 is 0 Å². The molecule has 0 spiro atoms. The predicted octanol–water partition coefficient (Wildman–Crippen LogP) is 3.91. The molecule has 0 radical (unpaired) electrons. The van der Waals surface area contributed by atoms with Crippen LogP contribution in [0.4, 0.5) is 0 Å². The molecular weight excluding hydrogens is 318 g/mol. The third-order valence-corrected chi connectivity index (χ3v) is 4.97. The Morgan fingerprint density at radius 3 is 2.68 bits per heavy atom. The number of aryl methyl sites for hydroxylation is 2. The smallest absolute Gasteiger partial charge is 0.229 e. The van der Waals surface area contributed by atoms with Gasteiger partial charge in [-0.05, 0) is 39.7 Å². The van der Waals surface area contributed by atoms with Gasteiger partial charge in [-0.15, -0.1) is 0 Å². The maximum absolute atomic E-state index is 13.0. The fourth-order valence-corrected chi connectivity index (χ4v) is 3.52. The van der Waals surface area contributed by atoms with E-state index in [-0.39, 0.29) is 23.7 Å². The molecule has 2 aromatic heterocycles. The Morgan fingerprint density at radius 1 is 1.32 bits per heavy atom. The lowest BCUT2D eigenvalue weighted by Gasteiger charge is -2.33. The lowest BCUT2D eigenvalue weighted by atomic mass is 9.94. The molecule has 136 valence electrons. The summed E-state index contributed by atoms with van der Waals surface area (Å²) < 4.78 is 10.9. The first-order valence-electron chi connectivity index (χ1n) is 9.06. The molecule has 6 heteroatoms. The van der Waals surface area contributed by atoms with E-state index in [4.69, 9.17) is 8.94 Å². The fourth-order valence-electron chi connectivity index (χ4n) is 3.52. The van der Waals surface area contributed by atoms with Crippen LogP contribution in [0.25, 0.3) is 0 Å². The maximum Gasteiger partial charge on any atom is 0.229 e. The highest BCUT2D eigenvalue weighted by Gasteiger charge is 2.31. The van der Waals surface area contributed by atoms with Crippen LogP contribution in [0.2, 0.25) is 0 Å². The summed E-state index contributed by atoms with van der Waals surface area (Å²) in [4.78, 5) is 19.4.